The van der Waals surface area contributed by atoms with E-state index in [2.05, 4.69) is 10.6 Å². The van der Waals surface area contributed by atoms with Crippen LogP contribution in [0.2, 0.25) is 0 Å². The number of nitrogens with two attached hydrogens (primary N) is 1. The van der Waals surface area contributed by atoms with Crippen molar-refractivity contribution in [3.05, 3.63) is 24.0 Å². The quantitative estimate of drug-likeness (QED) is 0.692. The lowest BCUT2D eigenvalue weighted by Crippen LogP contribution is -2.22. The highest BCUT2D eigenvalue weighted by Crippen LogP contribution is 2.19. The van der Waals surface area contributed by atoms with E-state index in [1.54, 1.807) is 0 Å². The molecular weight excluding hydrogens is 257 g/mol. The largest absolute Gasteiger partial charge is 0.397 e. The SMILES string of the molecule is CNC(=O)CSCC(=O)Nc1ccc(F)cc1N. The third-order valence-corrected chi connectivity index (χ3v) is 2.97. The first kappa shape index (κ1) is 14.3. The summed E-state index contributed by atoms with van der Waals surface area (Å²) in [6.07, 6.45) is 0. The second kappa shape index (κ2) is 6.85. The fraction of sp³-hybridized carbons (Fsp3) is 0.273. The maximum absolute atomic E-state index is 12.8. The van der Waals surface area contributed by atoms with Gasteiger partial charge in [-0.15, -0.1) is 11.8 Å². The van der Waals surface area contributed by atoms with Crippen molar-refractivity contribution in [2.45, 2.75) is 0 Å². The van der Waals surface area contributed by atoms with Gasteiger partial charge in [0.1, 0.15) is 5.82 Å². The Morgan fingerprint density at radius 3 is 2.61 bits per heavy atom. The van der Waals surface area contributed by atoms with Crippen LogP contribution in [0, 0.1) is 5.82 Å². The first-order chi connectivity index (χ1) is 8.52. The van der Waals surface area contributed by atoms with E-state index in [9.17, 15) is 14.0 Å². The van der Waals surface area contributed by atoms with Gasteiger partial charge in [0.25, 0.3) is 0 Å². The Morgan fingerprint density at radius 2 is 2.00 bits per heavy atom. The molecule has 1 rings (SSSR count). The monoisotopic (exact) mass is 271 g/mol. The molecule has 98 valence electrons. The van der Waals surface area contributed by atoms with Gasteiger partial charge in [-0.2, -0.15) is 0 Å². The van der Waals surface area contributed by atoms with Gasteiger partial charge in [0.15, 0.2) is 0 Å². The van der Waals surface area contributed by atoms with E-state index in [0.717, 1.165) is 6.07 Å². The van der Waals surface area contributed by atoms with Crippen LogP contribution in [0.25, 0.3) is 0 Å². The molecule has 0 spiro atoms. The summed E-state index contributed by atoms with van der Waals surface area (Å²) in [4.78, 5) is 22.4. The van der Waals surface area contributed by atoms with Crippen LogP contribution in [0.3, 0.4) is 0 Å². The van der Waals surface area contributed by atoms with Crippen molar-refractivity contribution in [2.24, 2.45) is 0 Å². The van der Waals surface area contributed by atoms with Crippen LogP contribution in [0.1, 0.15) is 0 Å². The van der Waals surface area contributed by atoms with Gasteiger partial charge < -0.3 is 16.4 Å². The van der Waals surface area contributed by atoms with Crippen LogP contribution >= 0.6 is 11.8 Å². The molecule has 0 heterocycles. The smallest absolute Gasteiger partial charge is 0.234 e. The maximum atomic E-state index is 12.8. The summed E-state index contributed by atoms with van der Waals surface area (Å²) in [7, 11) is 1.53. The molecule has 7 heteroatoms. The average Bonchev–Trinajstić information content (AvgIpc) is 2.32. The van der Waals surface area contributed by atoms with E-state index < -0.39 is 5.82 Å². The highest BCUT2D eigenvalue weighted by Gasteiger charge is 2.07. The molecule has 1 aromatic rings. The molecule has 0 aliphatic heterocycles. The standard InChI is InChI=1S/C11H14FN3O2S/c1-14-10(16)5-18-6-11(17)15-9-3-2-7(12)4-8(9)13/h2-4H,5-6,13H2,1H3,(H,14,16)(H,15,17). The minimum Gasteiger partial charge on any atom is -0.397 e. The Balaban J connectivity index is 2.42. The molecule has 0 aliphatic carbocycles. The first-order valence-corrected chi connectivity index (χ1v) is 6.31. The molecule has 0 atom stereocenters. The van der Waals surface area contributed by atoms with E-state index >= 15 is 0 Å². The summed E-state index contributed by atoms with van der Waals surface area (Å²) in [5.41, 5.74) is 6.07. The van der Waals surface area contributed by atoms with E-state index in [1.807, 2.05) is 0 Å². The molecular formula is C11H14FN3O2S. The van der Waals surface area contributed by atoms with Crippen LogP contribution in [-0.2, 0) is 9.59 Å². The van der Waals surface area contributed by atoms with Gasteiger partial charge in [-0.1, -0.05) is 0 Å². The fourth-order valence-corrected chi connectivity index (χ4v) is 1.83. The van der Waals surface area contributed by atoms with Crippen LogP contribution < -0.4 is 16.4 Å². The van der Waals surface area contributed by atoms with Gasteiger partial charge in [-0.3, -0.25) is 9.59 Å². The second-order valence-electron chi connectivity index (χ2n) is 3.45. The number of rotatable bonds is 5. The molecule has 0 unspecified atom stereocenters. The number of amides is 2. The molecule has 4 N–H and O–H groups in total. The number of nitrogens with one attached hydrogen (secondary N) is 2. The van der Waals surface area contributed by atoms with Crippen molar-refractivity contribution in [3.63, 3.8) is 0 Å². The van der Waals surface area contributed by atoms with Crippen molar-refractivity contribution in [1.82, 2.24) is 5.32 Å². The zero-order valence-electron chi connectivity index (χ0n) is 9.83. The van der Waals surface area contributed by atoms with E-state index in [4.69, 9.17) is 5.73 Å². The van der Waals surface area contributed by atoms with Gasteiger partial charge in [0.2, 0.25) is 11.8 Å². The number of halogens is 1. The summed E-state index contributed by atoms with van der Waals surface area (Å²) in [5.74, 6) is -0.552. The number of carbonyl (C=O) groups excluding carboxylic acids is 2. The number of anilines is 2. The number of nitrogen functional groups attached to an aromatic ring is 1. The fourth-order valence-electron chi connectivity index (χ4n) is 1.14. The summed E-state index contributed by atoms with van der Waals surface area (Å²) < 4.78 is 12.8. The number of hydrogen-bond acceptors (Lipinski definition) is 4. The second-order valence-corrected chi connectivity index (χ2v) is 4.43. The van der Waals surface area contributed by atoms with Crippen LogP contribution in [0.5, 0.6) is 0 Å². The zero-order chi connectivity index (χ0) is 13.5. The summed E-state index contributed by atoms with van der Waals surface area (Å²) >= 11 is 1.18. The number of hydrogen-bond donors (Lipinski definition) is 3. The van der Waals surface area contributed by atoms with Crippen molar-refractivity contribution in [1.29, 1.82) is 0 Å². The lowest BCUT2D eigenvalue weighted by atomic mass is 10.2. The molecule has 0 saturated heterocycles. The third kappa shape index (κ3) is 4.62. The Kier molecular flexibility index (Phi) is 5.44. The van der Waals surface area contributed by atoms with Crippen LogP contribution in [0.15, 0.2) is 18.2 Å². The van der Waals surface area contributed by atoms with Crippen LogP contribution in [-0.4, -0.2) is 30.4 Å². The van der Waals surface area contributed by atoms with Crippen molar-refractivity contribution in [2.75, 3.05) is 29.6 Å². The Morgan fingerprint density at radius 1 is 1.33 bits per heavy atom. The van der Waals surface area contributed by atoms with Gasteiger partial charge in [0.05, 0.1) is 22.9 Å². The van der Waals surface area contributed by atoms with Gasteiger partial charge in [0, 0.05) is 7.05 Å². The molecule has 0 bridgehead atoms. The molecule has 0 aromatic heterocycles. The number of carbonyl (C=O) groups is 2. The predicted molar refractivity (Wildman–Crippen MR) is 70.8 cm³/mol. The van der Waals surface area contributed by atoms with Crippen molar-refractivity contribution < 1.29 is 14.0 Å². The molecule has 5 nitrogen and oxygen atoms in total. The normalized spacial score (nSPS) is 9.89. The Labute approximate surface area is 108 Å². The van der Waals surface area contributed by atoms with Crippen molar-refractivity contribution in [3.8, 4) is 0 Å². The molecule has 0 aliphatic rings. The highest BCUT2D eigenvalue weighted by molar-refractivity contribution is 8.00. The van der Waals surface area contributed by atoms with E-state index in [-0.39, 0.29) is 29.0 Å². The van der Waals surface area contributed by atoms with Gasteiger partial charge >= 0.3 is 0 Å². The predicted octanol–water partition coefficient (Wildman–Crippen LogP) is 0.826. The van der Waals surface area contributed by atoms with Gasteiger partial charge in [-0.25, -0.2) is 4.39 Å². The molecule has 18 heavy (non-hydrogen) atoms. The third-order valence-electron chi connectivity index (χ3n) is 2.03. The maximum Gasteiger partial charge on any atom is 0.234 e. The average molecular weight is 271 g/mol. The van der Waals surface area contributed by atoms with Crippen molar-refractivity contribution >= 4 is 35.0 Å². The number of benzene rings is 1. The molecule has 1 aromatic carbocycles. The highest BCUT2D eigenvalue weighted by atomic mass is 32.2. The zero-order valence-corrected chi connectivity index (χ0v) is 10.6. The lowest BCUT2D eigenvalue weighted by molar-refractivity contribution is -0.118. The van der Waals surface area contributed by atoms with E-state index in [1.165, 1.54) is 30.9 Å². The molecule has 2 amide bonds. The topological polar surface area (TPSA) is 84.2 Å². The lowest BCUT2D eigenvalue weighted by Gasteiger charge is -2.07. The summed E-state index contributed by atoms with van der Waals surface area (Å²) in [5, 5.41) is 5.00. The molecule has 0 saturated carbocycles. The van der Waals surface area contributed by atoms with E-state index in [0.29, 0.717) is 5.69 Å². The summed E-state index contributed by atoms with van der Waals surface area (Å²) in [6.45, 7) is 0. The molecule has 0 fully saturated rings. The summed E-state index contributed by atoms with van der Waals surface area (Å²) in [6, 6.07) is 3.74. The minimum absolute atomic E-state index is 0.129. The first-order valence-electron chi connectivity index (χ1n) is 5.16. The van der Waals surface area contributed by atoms with Gasteiger partial charge in [-0.05, 0) is 18.2 Å². The van der Waals surface area contributed by atoms with Crippen LogP contribution in [0.4, 0.5) is 15.8 Å². The Bertz CT molecular complexity index is 454. The number of thioether (sulfide) groups is 1. The molecule has 0 radical (unpaired) electrons. The minimum atomic E-state index is -0.459. The Hall–Kier alpha value is -1.76.